The second-order valence-corrected chi connectivity index (χ2v) is 5.50. The molecule has 0 aliphatic carbocycles. The molecule has 3 rings (SSSR count). The molecular weight excluding hydrogens is 242 g/mol. The molecule has 6 heteroatoms. The Morgan fingerprint density at radius 2 is 1.84 bits per heavy atom. The minimum Gasteiger partial charge on any atom is -0.338 e. The molecule has 0 spiro atoms. The summed E-state index contributed by atoms with van der Waals surface area (Å²) in [6.45, 7) is 2.84. The van der Waals surface area contributed by atoms with Crippen molar-refractivity contribution in [2.75, 3.05) is 6.54 Å². The van der Waals surface area contributed by atoms with E-state index in [0.717, 1.165) is 38.6 Å². The van der Waals surface area contributed by atoms with Crippen molar-refractivity contribution in [2.45, 2.75) is 57.2 Å². The lowest BCUT2D eigenvalue weighted by molar-refractivity contribution is 0.115. The van der Waals surface area contributed by atoms with Gasteiger partial charge in [0.25, 0.3) is 0 Å². The van der Waals surface area contributed by atoms with Crippen molar-refractivity contribution >= 4 is 6.03 Å². The Labute approximate surface area is 113 Å². The molecule has 2 aliphatic rings. The molecule has 2 fully saturated rings. The van der Waals surface area contributed by atoms with Crippen molar-refractivity contribution in [3.63, 3.8) is 0 Å². The van der Waals surface area contributed by atoms with Gasteiger partial charge in [-0.1, -0.05) is 6.92 Å². The van der Waals surface area contributed by atoms with E-state index in [1.807, 2.05) is 4.80 Å². The number of amides is 2. The number of carbonyl (C=O) groups excluding carboxylic acids is 1. The topological polar surface area (TPSA) is 63.1 Å². The summed E-state index contributed by atoms with van der Waals surface area (Å²) < 4.78 is 0. The van der Waals surface area contributed by atoms with Crippen LogP contribution in [0.5, 0.6) is 0 Å². The first-order chi connectivity index (χ1) is 9.29. The van der Waals surface area contributed by atoms with Crippen LogP contribution >= 0.6 is 0 Å². The number of aromatic nitrogens is 3. The Bertz CT molecular complexity index is 418. The van der Waals surface area contributed by atoms with Gasteiger partial charge in [-0.2, -0.15) is 15.0 Å². The number of fused-ring (bicyclic) bond motifs is 2. The smallest absolute Gasteiger partial charge is 0.317 e. The second-order valence-electron chi connectivity index (χ2n) is 5.50. The molecule has 104 valence electrons. The van der Waals surface area contributed by atoms with Gasteiger partial charge in [0, 0.05) is 18.6 Å². The van der Waals surface area contributed by atoms with E-state index in [4.69, 9.17) is 0 Å². The van der Waals surface area contributed by atoms with E-state index in [-0.39, 0.29) is 6.03 Å². The summed E-state index contributed by atoms with van der Waals surface area (Å²) in [5.74, 6) is 0. The van der Waals surface area contributed by atoms with Crippen LogP contribution in [0.3, 0.4) is 0 Å². The maximum Gasteiger partial charge on any atom is 0.317 e. The first-order valence-electron chi connectivity index (χ1n) is 7.21. The molecule has 19 heavy (non-hydrogen) atoms. The van der Waals surface area contributed by atoms with Crippen LogP contribution < -0.4 is 5.32 Å². The van der Waals surface area contributed by atoms with Gasteiger partial charge in [-0.05, 0) is 32.1 Å². The summed E-state index contributed by atoms with van der Waals surface area (Å²) in [4.78, 5) is 16.1. The van der Waals surface area contributed by atoms with Gasteiger partial charge in [0.2, 0.25) is 0 Å². The lowest BCUT2D eigenvalue weighted by Gasteiger charge is -2.38. The molecule has 2 atom stereocenters. The van der Waals surface area contributed by atoms with Crippen molar-refractivity contribution in [3.8, 4) is 0 Å². The first-order valence-corrected chi connectivity index (χ1v) is 7.21. The molecule has 1 N–H and O–H groups in total. The molecule has 6 nitrogen and oxygen atoms in total. The highest BCUT2D eigenvalue weighted by Crippen LogP contribution is 2.40. The minimum absolute atomic E-state index is 0.112. The van der Waals surface area contributed by atoms with Gasteiger partial charge in [0.1, 0.15) is 0 Å². The average Bonchev–Trinajstić information content (AvgIpc) is 3.03. The van der Waals surface area contributed by atoms with Gasteiger partial charge in [0.15, 0.2) is 0 Å². The van der Waals surface area contributed by atoms with E-state index in [1.54, 1.807) is 12.4 Å². The Kier molecular flexibility index (Phi) is 3.40. The van der Waals surface area contributed by atoms with Gasteiger partial charge in [-0.15, -0.1) is 0 Å². The fourth-order valence-corrected chi connectivity index (χ4v) is 3.41. The van der Waals surface area contributed by atoms with Crippen LogP contribution in [-0.2, 0) is 0 Å². The summed E-state index contributed by atoms with van der Waals surface area (Å²) in [6, 6.07) is 1.17. The third-order valence-corrected chi connectivity index (χ3v) is 4.23. The molecule has 3 heterocycles. The normalized spacial score (nSPS) is 29.5. The van der Waals surface area contributed by atoms with E-state index < -0.39 is 0 Å². The molecule has 0 saturated carbocycles. The Balaban J connectivity index is 1.67. The standard InChI is InChI=1S/C13H21N5O/c1-2-5-14-13(19)17-10-3-4-11(17)9-12(8-10)18-15-6-7-16-18/h6-7,10-12H,2-5,8-9H2,1H3,(H,14,19). The van der Waals surface area contributed by atoms with E-state index >= 15 is 0 Å². The van der Waals surface area contributed by atoms with Crippen molar-refractivity contribution in [3.05, 3.63) is 12.4 Å². The van der Waals surface area contributed by atoms with Crippen LogP contribution in [-0.4, -0.2) is 44.6 Å². The van der Waals surface area contributed by atoms with E-state index in [0.29, 0.717) is 18.1 Å². The summed E-state index contributed by atoms with van der Waals surface area (Å²) >= 11 is 0. The Hall–Kier alpha value is -1.59. The quantitative estimate of drug-likeness (QED) is 0.900. The summed E-state index contributed by atoms with van der Waals surface area (Å²) in [5, 5.41) is 11.5. The first kappa shape index (κ1) is 12.4. The number of rotatable bonds is 3. The predicted molar refractivity (Wildman–Crippen MR) is 70.6 cm³/mol. The van der Waals surface area contributed by atoms with Gasteiger partial charge in [-0.3, -0.25) is 0 Å². The molecule has 0 aromatic carbocycles. The molecule has 2 bridgehead atoms. The van der Waals surface area contributed by atoms with Crippen LogP contribution in [0.1, 0.15) is 45.1 Å². The van der Waals surface area contributed by atoms with Crippen LogP contribution in [0.15, 0.2) is 12.4 Å². The van der Waals surface area contributed by atoms with Gasteiger partial charge in [-0.25, -0.2) is 4.79 Å². The number of nitrogens with zero attached hydrogens (tertiary/aromatic N) is 4. The Morgan fingerprint density at radius 3 is 2.42 bits per heavy atom. The molecule has 2 amide bonds. The fraction of sp³-hybridized carbons (Fsp3) is 0.769. The van der Waals surface area contributed by atoms with Gasteiger partial charge in [0.05, 0.1) is 18.4 Å². The van der Waals surface area contributed by atoms with Crippen molar-refractivity contribution in [2.24, 2.45) is 0 Å². The van der Waals surface area contributed by atoms with Crippen molar-refractivity contribution < 1.29 is 4.79 Å². The lowest BCUT2D eigenvalue weighted by atomic mass is 9.98. The molecule has 2 saturated heterocycles. The zero-order chi connectivity index (χ0) is 13.2. The largest absolute Gasteiger partial charge is 0.338 e. The number of piperidine rings is 1. The lowest BCUT2D eigenvalue weighted by Crippen LogP contribution is -2.51. The fourth-order valence-electron chi connectivity index (χ4n) is 3.41. The number of urea groups is 1. The van der Waals surface area contributed by atoms with E-state index in [1.165, 1.54) is 0 Å². The highest BCUT2D eigenvalue weighted by Gasteiger charge is 2.44. The maximum absolute atomic E-state index is 12.2. The number of carbonyl (C=O) groups is 1. The van der Waals surface area contributed by atoms with E-state index in [9.17, 15) is 4.79 Å². The predicted octanol–water partition coefficient (Wildman–Crippen LogP) is 1.57. The average molecular weight is 263 g/mol. The van der Waals surface area contributed by atoms with Gasteiger partial charge >= 0.3 is 6.03 Å². The number of hydrogen-bond acceptors (Lipinski definition) is 3. The van der Waals surface area contributed by atoms with Crippen LogP contribution in [0.25, 0.3) is 0 Å². The summed E-state index contributed by atoms with van der Waals surface area (Å²) in [7, 11) is 0. The molecule has 0 radical (unpaired) electrons. The Morgan fingerprint density at radius 1 is 1.21 bits per heavy atom. The SMILES string of the molecule is CCCNC(=O)N1C2CCC1CC(n1nccn1)C2. The summed E-state index contributed by atoms with van der Waals surface area (Å²) in [5.41, 5.74) is 0. The zero-order valence-electron chi connectivity index (χ0n) is 11.3. The maximum atomic E-state index is 12.2. The molecule has 1 aromatic rings. The highest BCUT2D eigenvalue weighted by atomic mass is 16.2. The third-order valence-electron chi connectivity index (χ3n) is 4.23. The van der Waals surface area contributed by atoms with Crippen molar-refractivity contribution in [1.82, 2.24) is 25.2 Å². The third kappa shape index (κ3) is 2.31. The van der Waals surface area contributed by atoms with Crippen LogP contribution in [0.2, 0.25) is 0 Å². The zero-order valence-corrected chi connectivity index (χ0v) is 11.3. The second kappa shape index (κ2) is 5.19. The number of hydrogen-bond donors (Lipinski definition) is 1. The number of nitrogens with one attached hydrogen (secondary N) is 1. The van der Waals surface area contributed by atoms with E-state index in [2.05, 4.69) is 27.3 Å². The van der Waals surface area contributed by atoms with Crippen molar-refractivity contribution in [1.29, 1.82) is 0 Å². The van der Waals surface area contributed by atoms with Crippen LogP contribution in [0.4, 0.5) is 4.79 Å². The molecule has 2 unspecified atom stereocenters. The summed E-state index contributed by atoms with van der Waals surface area (Å²) in [6.07, 6.45) is 8.61. The molecule has 1 aromatic heterocycles. The molecule has 2 aliphatic heterocycles. The van der Waals surface area contributed by atoms with Gasteiger partial charge < -0.3 is 10.2 Å². The highest BCUT2D eigenvalue weighted by molar-refractivity contribution is 5.75. The monoisotopic (exact) mass is 263 g/mol. The van der Waals surface area contributed by atoms with Crippen LogP contribution in [0, 0.1) is 0 Å². The molecular formula is C13H21N5O. The minimum atomic E-state index is 0.112.